The predicted octanol–water partition coefficient (Wildman–Crippen LogP) is 3.81. The molecular formula is C22H23N3O3. The van der Waals surface area contributed by atoms with E-state index in [-0.39, 0.29) is 12.5 Å². The Morgan fingerprint density at radius 3 is 2.89 bits per heavy atom. The Hall–Kier alpha value is -3.15. The molecule has 0 bridgehead atoms. The van der Waals surface area contributed by atoms with Gasteiger partial charge in [-0.25, -0.2) is 0 Å². The highest BCUT2D eigenvalue weighted by Crippen LogP contribution is 2.31. The minimum absolute atomic E-state index is 0.136. The lowest BCUT2D eigenvalue weighted by Gasteiger charge is -2.25. The first-order valence-corrected chi connectivity index (χ1v) is 9.57. The van der Waals surface area contributed by atoms with Crippen molar-refractivity contribution in [1.29, 1.82) is 0 Å². The van der Waals surface area contributed by atoms with Crippen LogP contribution < -0.4 is 10.1 Å². The van der Waals surface area contributed by atoms with Crippen molar-refractivity contribution in [3.8, 4) is 5.75 Å². The van der Waals surface area contributed by atoms with Crippen LogP contribution in [-0.4, -0.2) is 22.6 Å². The van der Waals surface area contributed by atoms with Gasteiger partial charge in [0.25, 0.3) is 5.91 Å². The highest BCUT2D eigenvalue weighted by atomic mass is 16.5. The Morgan fingerprint density at radius 2 is 2.04 bits per heavy atom. The maximum Gasteiger partial charge on any atom is 0.255 e. The normalized spacial score (nSPS) is 15.7. The molecule has 1 aromatic heterocycles. The van der Waals surface area contributed by atoms with E-state index >= 15 is 0 Å². The summed E-state index contributed by atoms with van der Waals surface area (Å²) in [7, 11) is 0. The molecule has 6 nitrogen and oxygen atoms in total. The minimum Gasteiger partial charge on any atom is -0.485 e. The third kappa shape index (κ3) is 4.06. The summed E-state index contributed by atoms with van der Waals surface area (Å²) >= 11 is 0. The van der Waals surface area contributed by atoms with Crippen LogP contribution in [0.15, 0.2) is 53.1 Å². The van der Waals surface area contributed by atoms with Crippen molar-refractivity contribution in [3.63, 3.8) is 0 Å². The highest BCUT2D eigenvalue weighted by molar-refractivity contribution is 5.96. The van der Waals surface area contributed by atoms with Gasteiger partial charge < -0.3 is 14.6 Å². The summed E-state index contributed by atoms with van der Waals surface area (Å²) < 4.78 is 10.7. The molecule has 0 radical (unpaired) electrons. The average Bonchev–Trinajstić information content (AvgIpc) is 3.16. The number of fused-ring (bicyclic) bond motifs is 1. The summed E-state index contributed by atoms with van der Waals surface area (Å²) in [6.07, 6.45) is 3.36. The van der Waals surface area contributed by atoms with E-state index in [1.807, 2.05) is 12.1 Å². The maximum atomic E-state index is 12.8. The van der Waals surface area contributed by atoms with Crippen LogP contribution in [0.25, 0.3) is 0 Å². The average molecular weight is 377 g/mol. The largest absolute Gasteiger partial charge is 0.485 e. The quantitative estimate of drug-likeness (QED) is 0.707. The molecule has 1 aliphatic carbocycles. The summed E-state index contributed by atoms with van der Waals surface area (Å²) in [4.78, 5) is 16.9. The number of nitrogens with zero attached hydrogens (tertiary/aromatic N) is 2. The number of nitrogens with one attached hydrogen (secondary N) is 1. The standard InChI is InChI=1S/C22H23N3O3/c1-15-24-21(25-28-15)14-27-20-12-5-4-11-19(20)22(26)23-13-17-9-6-8-16-7-2-3-10-18(16)17/h2-5,7,10-12,17H,6,8-9,13-14H2,1H3,(H,23,26). The fourth-order valence-electron chi connectivity index (χ4n) is 3.70. The third-order valence-corrected chi connectivity index (χ3v) is 5.06. The number of hydrogen-bond acceptors (Lipinski definition) is 5. The van der Waals surface area contributed by atoms with Crippen LogP contribution in [0, 0.1) is 6.92 Å². The zero-order valence-corrected chi connectivity index (χ0v) is 15.9. The third-order valence-electron chi connectivity index (χ3n) is 5.06. The predicted molar refractivity (Wildman–Crippen MR) is 104 cm³/mol. The van der Waals surface area contributed by atoms with Crippen LogP contribution in [0.2, 0.25) is 0 Å². The van der Waals surface area contributed by atoms with Gasteiger partial charge in [-0.15, -0.1) is 0 Å². The number of para-hydroxylation sites is 1. The summed E-state index contributed by atoms with van der Waals surface area (Å²) in [6, 6.07) is 15.7. The Balaban J connectivity index is 1.41. The first kappa shape index (κ1) is 18.2. The molecule has 1 atom stereocenters. The first-order valence-electron chi connectivity index (χ1n) is 9.57. The van der Waals surface area contributed by atoms with Crippen LogP contribution in [-0.2, 0) is 13.0 Å². The Morgan fingerprint density at radius 1 is 1.21 bits per heavy atom. The van der Waals surface area contributed by atoms with E-state index in [1.54, 1.807) is 19.1 Å². The van der Waals surface area contributed by atoms with E-state index < -0.39 is 0 Å². The number of hydrogen-bond donors (Lipinski definition) is 1. The van der Waals surface area contributed by atoms with Crippen molar-refractivity contribution < 1.29 is 14.1 Å². The number of amides is 1. The smallest absolute Gasteiger partial charge is 0.255 e. The van der Waals surface area contributed by atoms with E-state index in [0.717, 1.165) is 19.3 Å². The number of benzene rings is 2. The van der Waals surface area contributed by atoms with Crippen LogP contribution in [0.1, 0.15) is 52.0 Å². The lowest BCUT2D eigenvalue weighted by Crippen LogP contribution is -2.30. The maximum absolute atomic E-state index is 12.8. The fourth-order valence-corrected chi connectivity index (χ4v) is 3.70. The van der Waals surface area contributed by atoms with Crippen molar-refractivity contribution in [1.82, 2.24) is 15.5 Å². The van der Waals surface area contributed by atoms with Gasteiger partial charge in [-0.1, -0.05) is 41.6 Å². The van der Waals surface area contributed by atoms with Crippen LogP contribution in [0.5, 0.6) is 5.75 Å². The van der Waals surface area contributed by atoms with Crippen molar-refractivity contribution in [3.05, 3.63) is 76.9 Å². The SMILES string of the molecule is Cc1nc(COc2ccccc2C(=O)NCC2CCCc3ccccc32)no1. The van der Waals surface area contributed by atoms with Crippen molar-refractivity contribution in [2.75, 3.05) is 6.54 Å². The van der Waals surface area contributed by atoms with Crippen molar-refractivity contribution in [2.45, 2.75) is 38.7 Å². The topological polar surface area (TPSA) is 77.2 Å². The molecule has 4 rings (SSSR count). The minimum atomic E-state index is -0.136. The zero-order valence-electron chi connectivity index (χ0n) is 15.9. The second-order valence-electron chi connectivity index (χ2n) is 7.01. The van der Waals surface area contributed by atoms with E-state index in [2.05, 4.69) is 39.7 Å². The van der Waals surface area contributed by atoms with Gasteiger partial charge in [0.1, 0.15) is 5.75 Å². The van der Waals surface area contributed by atoms with E-state index in [1.165, 1.54) is 11.1 Å². The number of carbonyl (C=O) groups is 1. The van der Waals surface area contributed by atoms with Crippen molar-refractivity contribution in [2.24, 2.45) is 0 Å². The molecule has 28 heavy (non-hydrogen) atoms. The molecule has 0 fully saturated rings. The van der Waals surface area contributed by atoms with Gasteiger partial charge in [0.2, 0.25) is 11.7 Å². The van der Waals surface area contributed by atoms with Crippen molar-refractivity contribution >= 4 is 5.91 Å². The van der Waals surface area contributed by atoms with Gasteiger partial charge in [-0.3, -0.25) is 4.79 Å². The number of carbonyl (C=O) groups excluding carboxylic acids is 1. The molecule has 0 aliphatic heterocycles. The number of aromatic nitrogens is 2. The highest BCUT2D eigenvalue weighted by Gasteiger charge is 2.21. The van der Waals surface area contributed by atoms with Crippen LogP contribution in [0.3, 0.4) is 0 Å². The lowest BCUT2D eigenvalue weighted by atomic mass is 9.83. The molecule has 0 saturated carbocycles. The number of aryl methyl sites for hydroxylation is 2. The van der Waals surface area contributed by atoms with Gasteiger partial charge in [0.15, 0.2) is 6.61 Å². The second-order valence-corrected chi connectivity index (χ2v) is 7.01. The van der Waals surface area contributed by atoms with E-state index in [4.69, 9.17) is 9.26 Å². The van der Waals surface area contributed by atoms with Gasteiger partial charge in [0.05, 0.1) is 5.56 Å². The molecule has 1 unspecified atom stereocenters. The molecule has 1 aliphatic rings. The Kier molecular flexibility index (Phi) is 5.37. The second kappa shape index (κ2) is 8.25. The summed E-state index contributed by atoms with van der Waals surface area (Å²) in [5.41, 5.74) is 3.25. The molecular weight excluding hydrogens is 354 g/mol. The van der Waals surface area contributed by atoms with E-state index in [9.17, 15) is 4.79 Å². The Labute approximate surface area is 163 Å². The molecule has 144 valence electrons. The summed E-state index contributed by atoms with van der Waals surface area (Å²) in [6.45, 7) is 2.49. The van der Waals surface area contributed by atoms with Gasteiger partial charge >= 0.3 is 0 Å². The summed E-state index contributed by atoms with van der Waals surface area (Å²) in [5.74, 6) is 1.66. The molecule has 2 aromatic carbocycles. The molecule has 6 heteroatoms. The zero-order chi connectivity index (χ0) is 19.3. The molecule has 1 amide bonds. The molecule has 0 saturated heterocycles. The van der Waals surface area contributed by atoms with E-state index in [0.29, 0.717) is 35.5 Å². The van der Waals surface area contributed by atoms with Gasteiger partial charge in [0, 0.05) is 19.4 Å². The number of rotatable bonds is 6. The van der Waals surface area contributed by atoms with Crippen LogP contribution >= 0.6 is 0 Å². The molecule has 1 N–H and O–H groups in total. The molecule has 3 aromatic rings. The number of ether oxygens (including phenoxy) is 1. The Bertz CT molecular complexity index is 967. The monoisotopic (exact) mass is 377 g/mol. The van der Waals surface area contributed by atoms with Crippen LogP contribution in [0.4, 0.5) is 0 Å². The fraction of sp³-hybridized carbons (Fsp3) is 0.318. The lowest BCUT2D eigenvalue weighted by molar-refractivity contribution is 0.0945. The molecule has 1 heterocycles. The summed E-state index contributed by atoms with van der Waals surface area (Å²) in [5, 5.41) is 6.90. The molecule has 0 spiro atoms. The van der Waals surface area contributed by atoms with Gasteiger partial charge in [-0.2, -0.15) is 4.98 Å². The first-order chi connectivity index (χ1) is 13.7. The van der Waals surface area contributed by atoms with Gasteiger partial charge in [-0.05, 0) is 42.5 Å².